The van der Waals surface area contributed by atoms with Gasteiger partial charge in [0.1, 0.15) is 12.1 Å². The van der Waals surface area contributed by atoms with Gasteiger partial charge in [-0.25, -0.2) is 9.97 Å². The lowest BCUT2D eigenvalue weighted by atomic mass is 10.2. The Hall–Kier alpha value is -2.67. The minimum absolute atomic E-state index is 0.189. The number of hydrogen-bond donors (Lipinski definition) is 2. The van der Waals surface area contributed by atoms with Crippen LogP contribution in [0.5, 0.6) is 11.5 Å². The molecule has 37 heavy (non-hydrogen) atoms. The number of rotatable bonds is 10. The van der Waals surface area contributed by atoms with E-state index < -0.39 is 0 Å². The van der Waals surface area contributed by atoms with Crippen molar-refractivity contribution < 1.29 is 19.0 Å². The van der Waals surface area contributed by atoms with E-state index in [1.807, 2.05) is 24.3 Å². The van der Waals surface area contributed by atoms with E-state index in [0.29, 0.717) is 36.2 Å². The number of methoxy groups -OCH3 is 2. The van der Waals surface area contributed by atoms with Crippen molar-refractivity contribution in [1.82, 2.24) is 19.8 Å². The number of carbonyl (C=O) groups is 1. The summed E-state index contributed by atoms with van der Waals surface area (Å²) in [5.74, 6) is 1.71. The van der Waals surface area contributed by atoms with Gasteiger partial charge in [-0.1, -0.05) is 0 Å². The van der Waals surface area contributed by atoms with Crippen molar-refractivity contribution in [1.29, 1.82) is 0 Å². The number of nitrogens with two attached hydrogens (primary N) is 1. The molecular formula is C25H30Br2N6O4. The Kier molecular flexibility index (Phi) is 9.41. The number of benzene rings is 2. The first-order chi connectivity index (χ1) is 17.9. The molecule has 0 spiro atoms. The molecular weight excluding hydrogens is 608 g/mol. The number of nitrogen functional groups attached to an aromatic ring is 1. The molecule has 0 bridgehead atoms. The summed E-state index contributed by atoms with van der Waals surface area (Å²) in [7, 11) is 3.04. The lowest BCUT2D eigenvalue weighted by Gasteiger charge is -2.33. The van der Waals surface area contributed by atoms with Gasteiger partial charge in [-0.15, -0.1) is 0 Å². The predicted molar refractivity (Wildman–Crippen MR) is 151 cm³/mol. The molecule has 0 unspecified atom stereocenters. The number of piperazine rings is 1. The quantitative estimate of drug-likeness (QED) is 0.192. The molecule has 3 N–H and O–H groups in total. The molecule has 0 saturated carbocycles. The van der Waals surface area contributed by atoms with Crippen LogP contribution in [0.3, 0.4) is 0 Å². The number of nitrogens with one attached hydrogen (secondary N) is 1. The van der Waals surface area contributed by atoms with Crippen molar-refractivity contribution in [2.45, 2.75) is 6.42 Å². The lowest BCUT2D eigenvalue weighted by molar-refractivity contribution is -0.142. The summed E-state index contributed by atoms with van der Waals surface area (Å²) in [5.41, 5.74) is 8.19. The Bertz CT molecular complexity index is 1230. The van der Waals surface area contributed by atoms with E-state index in [9.17, 15) is 4.79 Å². The zero-order valence-electron chi connectivity index (χ0n) is 20.8. The van der Waals surface area contributed by atoms with Gasteiger partial charge in [-0.2, -0.15) is 0 Å². The fourth-order valence-electron chi connectivity index (χ4n) is 4.12. The summed E-state index contributed by atoms with van der Waals surface area (Å²) >= 11 is 6.95. The third-order valence-corrected chi connectivity index (χ3v) is 7.50. The molecule has 0 radical (unpaired) electrons. The van der Waals surface area contributed by atoms with Gasteiger partial charge in [0.15, 0.2) is 11.5 Å². The van der Waals surface area contributed by atoms with Crippen molar-refractivity contribution in [3.05, 3.63) is 39.5 Å². The first-order valence-corrected chi connectivity index (χ1v) is 13.4. The maximum absolute atomic E-state index is 11.5. The number of fused-ring (bicyclic) bond motifs is 1. The second kappa shape index (κ2) is 12.7. The van der Waals surface area contributed by atoms with E-state index in [4.69, 9.17) is 19.9 Å². The third-order valence-electron chi connectivity index (χ3n) is 6.18. The summed E-state index contributed by atoms with van der Waals surface area (Å²) in [4.78, 5) is 24.8. The number of carbonyl (C=O) groups excluding carboxylic acids is 1. The molecule has 1 saturated heterocycles. The zero-order valence-corrected chi connectivity index (χ0v) is 24.0. The largest absolute Gasteiger partial charge is 0.493 e. The Morgan fingerprint density at radius 2 is 1.73 bits per heavy atom. The average Bonchev–Trinajstić information content (AvgIpc) is 2.90. The topological polar surface area (TPSA) is 115 Å². The summed E-state index contributed by atoms with van der Waals surface area (Å²) in [5, 5.41) is 4.14. The molecule has 4 rings (SSSR count). The maximum atomic E-state index is 11.5. The van der Waals surface area contributed by atoms with Crippen LogP contribution < -0.4 is 20.5 Å². The predicted octanol–water partition coefficient (Wildman–Crippen LogP) is 4.05. The van der Waals surface area contributed by atoms with Crippen LogP contribution in [0.15, 0.2) is 39.5 Å². The Morgan fingerprint density at radius 1 is 1.03 bits per heavy atom. The van der Waals surface area contributed by atoms with Gasteiger partial charge in [0, 0.05) is 58.8 Å². The molecule has 1 aliphatic heterocycles. The molecule has 1 aliphatic rings. The van der Waals surface area contributed by atoms with Gasteiger partial charge in [0.2, 0.25) is 0 Å². The SMILES string of the molecule is COC(=O)CN1CCN(CCCOc2cc3ncnc(Nc4cc(Br)c(N)c(Br)c4)c3cc2OC)CC1. The molecule has 198 valence electrons. The zero-order chi connectivity index (χ0) is 26.4. The molecule has 0 amide bonds. The van der Waals surface area contributed by atoms with Crippen LogP contribution >= 0.6 is 31.9 Å². The molecule has 12 heteroatoms. The van der Waals surface area contributed by atoms with Crippen molar-refractivity contribution >= 4 is 65.9 Å². The Balaban J connectivity index is 1.36. The lowest BCUT2D eigenvalue weighted by Crippen LogP contribution is -2.48. The molecule has 0 atom stereocenters. The van der Waals surface area contributed by atoms with Crippen molar-refractivity contribution in [3.63, 3.8) is 0 Å². The van der Waals surface area contributed by atoms with Gasteiger partial charge in [0.05, 0.1) is 38.6 Å². The van der Waals surface area contributed by atoms with Gasteiger partial charge in [-0.3, -0.25) is 9.69 Å². The minimum atomic E-state index is -0.189. The number of hydrogen-bond acceptors (Lipinski definition) is 10. The van der Waals surface area contributed by atoms with E-state index in [0.717, 1.165) is 64.7 Å². The molecule has 2 aromatic carbocycles. The highest BCUT2D eigenvalue weighted by atomic mass is 79.9. The number of ether oxygens (including phenoxy) is 3. The maximum Gasteiger partial charge on any atom is 0.319 e. The monoisotopic (exact) mass is 636 g/mol. The summed E-state index contributed by atoms with van der Waals surface area (Å²) in [6.07, 6.45) is 2.39. The molecule has 3 aromatic rings. The number of anilines is 3. The molecule has 1 fully saturated rings. The highest BCUT2D eigenvalue weighted by Crippen LogP contribution is 2.37. The van der Waals surface area contributed by atoms with Gasteiger partial charge >= 0.3 is 5.97 Å². The van der Waals surface area contributed by atoms with Crippen molar-refractivity contribution in [2.24, 2.45) is 0 Å². The van der Waals surface area contributed by atoms with Gasteiger partial charge in [-0.05, 0) is 56.5 Å². The third kappa shape index (κ3) is 7.01. The first-order valence-electron chi connectivity index (χ1n) is 11.9. The van der Waals surface area contributed by atoms with E-state index in [1.165, 1.54) is 13.4 Å². The fraction of sp³-hybridized carbons (Fsp3) is 0.400. The standard InChI is InChI=1S/C25H30Br2N6O4/c1-35-21-12-17-20(29-15-30-25(17)31-16-10-18(26)24(28)19(27)11-16)13-22(21)37-9-3-4-32-5-7-33(8-6-32)14-23(34)36-2/h10-13,15H,3-9,14,28H2,1-2H3,(H,29,30,31). The molecule has 10 nitrogen and oxygen atoms in total. The van der Waals surface area contributed by atoms with Crippen LogP contribution in [0.25, 0.3) is 10.9 Å². The number of esters is 1. The smallest absolute Gasteiger partial charge is 0.319 e. The fourth-order valence-corrected chi connectivity index (χ4v) is 5.30. The van der Waals surface area contributed by atoms with E-state index in [1.54, 1.807) is 7.11 Å². The van der Waals surface area contributed by atoms with E-state index >= 15 is 0 Å². The summed E-state index contributed by atoms with van der Waals surface area (Å²) < 4.78 is 18.0. The highest BCUT2D eigenvalue weighted by Gasteiger charge is 2.19. The van der Waals surface area contributed by atoms with Crippen LogP contribution in [0, 0.1) is 0 Å². The van der Waals surface area contributed by atoms with Crippen LogP contribution in [-0.4, -0.2) is 85.8 Å². The number of halogens is 2. The summed E-state index contributed by atoms with van der Waals surface area (Å²) in [6, 6.07) is 7.54. The second-order valence-corrected chi connectivity index (χ2v) is 10.3. The molecule has 2 heterocycles. The minimum Gasteiger partial charge on any atom is -0.493 e. The summed E-state index contributed by atoms with van der Waals surface area (Å²) in [6.45, 7) is 5.38. The van der Waals surface area contributed by atoms with Crippen molar-refractivity contribution in [2.75, 3.05) is 71.1 Å². The van der Waals surface area contributed by atoms with Gasteiger partial charge < -0.3 is 30.2 Å². The van der Waals surface area contributed by atoms with E-state index in [2.05, 4.69) is 56.9 Å². The van der Waals surface area contributed by atoms with Crippen LogP contribution in [0.2, 0.25) is 0 Å². The first kappa shape index (κ1) is 27.4. The molecule has 1 aromatic heterocycles. The highest BCUT2D eigenvalue weighted by molar-refractivity contribution is 9.11. The van der Waals surface area contributed by atoms with Gasteiger partial charge in [0.25, 0.3) is 0 Å². The Morgan fingerprint density at radius 3 is 2.41 bits per heavy atom. The Labute approximate surface area is 232 Å². The average molecular weight is 638 g/mol. The number of nitrogens with zero attached hydrogens (tertiary/aromatic N) is 4. The molecule has 0 aliphatic carbocycles. The van der Waals surface area contributed by atoms with E-state index in [-0.39, 0.29) is 5.97 Å². The second-order valence-electron chi connectivity index (χ2n) is 8.62. The van der Waals surface area contributed by atoms with Crippen LogP contribution in [-0.2, 0) is 9.53 Å². The number of aromatic nitrogens is 2. The normalized spacial score (nSPS) is 14.5. The van der Waals surface area contributed by atoms with Crippen molar-refractivity contribution in [3.8, 4) is 11.5 Å². The van der Waals surface area contributed by atoms with Crippen LogP contribution in [0.1, 0.15) is 6.42 Å². The van der Waals surface area contributed by atoms with Crippen LogP contribution in [0.4, 0.5) is 17.2 Å².